The van der Waals surface area contributed by atoms with E-state index in [1.54, 1.807) is 0 Å². The number of nitrogens with one attached hydrogen (secondary N) is 3. The molecular weight excluding hydrogens is 424 g/mol. The third-order valence-electron chi connectivity index (χ3n) is 4.64. The summed E-state index contributed by atoms with van der Waals surface area (Å²) in [6.07, 6.45) is -6.44. The number of rotatable bonds is 4. The first-order chi connectivity index (χ1) is 14.7. The van der Waals surface area contributed by atoms with Crippen LogP contribution in [0.15, 0.2) is 42.5 Å². The summed E-state index contributed by atoms with van der Waals surface area (Å²) < 4.78 is 60.6. The number of amides is 2. The molecule has 0 saturated heterocycles. The van der Waals surface area contributed by atoms with E-state index in [2.05, 4.69) is 31.3 Å². The lowest BCUT2D eigenvalue weighted by Gasteiger charge is -2.39. The number of ether oxygens (including phenoxy) is 1. The Labute approximate surface area is 170 Å². The number of hydrogen-bond donors (Lipinski definition) is 3. The fraction of sp³-hybridized carbons (Fsp3) is 0.167. The van der Waals surface area contributed by atoms with Gasteiger partial charge in [-0.1, -0.05) is 0 Å². The van der Waals surface area contributed by atoms with Crippen LogP contribution in [0.5, 0.6) is 0 Å². The van der Waals surface area contributed by atoms with Crippen LogP contribution in [0, 0.1) is 5.82 Å². The summed E-state index contributed by atoms with van der Waals surface area (Å²) >= 11 is 0. The van der Waals surface area contributed by atoms with Gasteiger partial charge in [-0.05, 0) is 52.9 Å². The van der Waals surface area contributed by atoms with Crippen LogP contribution in [0.1, 0.15) is 15.9 Å². The predicted octanol–water partition coefficient (Wildman–Crippen LogP) is 2.76. The van der Waals surface area contributed by atoms with E-state index in [1.165, 1.54) is 12.1 Å². The van der Waals surface area contributed by atoms with Crippen LogP contribution < -0.4 is 10.6 Å². The number of nitrogens with zero attached hydrogens (tertiary/aromatic N) is 3. The minimum absolute atomic E-state index is 0.0688. The molecule has 1 unspecified atom stereocenters. The number of tetrazole rings is 1. The van der Waals surface area contributed by atoms with Gasteiger partial charge in [-0.15, -0.1) is 5.10 Å². The van der Waals surface area contributed by atoms with Crippen molar-refractivity contribution < 1.29 is 31.9 Å². The highest BCUT2D eigenvalue weighted by atomic mass is 19.4. The van der Waals surface area contributed by atoms with Crippen molar-refractivity contribution in [2.75, 3.05) is 11.9 Å². The number of anilines is 1. The van der Waals surface area contributed by atoms with Crippen LogP contribution >= 0.6 is 0 Å². The monoisotopic (exact) mass is 436 g/mol. The van der Waals surface area contributed by atoms with Crippen LogP contribution in [0.3, 0.4) is 0 Å². The maximum absolute atomic E-state index is 14.3. The molecule has 1 aliphatic heterocycles. The molecule has 0 spiro atoms. The number of fused-ring (bicyclic) bond motifs is 1. The van der Waals surface area contributed by atoms with Gasteiger partial charge >= 0.3 is 12.3 Å². The highest BCUT2D eigenvalue weighted by molar-refractivity contribution is 5.94. The van der Waals surface area contributed by atoms with Crippen molar-refractivity contribution in [1.29, 1.82) is 0 Å². The second kappa shape index (κ2) is 7.34. The standard InChI is InChI=1S/C18H12F4N6O3/c19-11-4-1-9(2-5-11)15(29)23-8-17(18(20,21)22)12-7-10(14-25-27-28-26-14)3-6-13(12)24-16(30)31-17/h1-7H,8H2,(H,23,29)(H,24,30)(H,25,26,27,28). The van der Waals surface area contributed by atoms with Gasteiger partial charge in [0.05, 0.1) is 12.2 Å². The Balaban J connectivity index is 1.74. The Morgan fingerprint density at radius 1 is 1.16 bits per heavy atom. The third-order valence-corrected chi connectivity index (χ3v) is 4.64. The minimum atomic E-state index is -5.10. The van der Waals surface area contributed by atoms with Crippen molar-refractivity contribution in [3.63, 3.8) is 0 Å². The Morgan fingerprint density at radius 2 is 1.90 bits per heavy atom. The highest BCUT2D eigenvalue weighted by Crippen LogP contribution is 2.48. The molecule has 13 heteroatoms. The highest BCUT2D eigenvalue weighted by Gasteiger charge is 2.62. The van der Waals surface area contributed by atoms with E-state index in [4.69, 9.17) is 4.74 Å². The second-order valence-electron chi connectivity index (χ2n) is 6.54. The zero-order chi connectivity index (χ0) is 22.2. The molecule has 9 nitrogen and oxygen atoms in total. The number of cyclic esters (lactones) is 1. The molecule has 3 aromatic rings. The minimum Gasteiger partial charge on any atom is -0.426 e. The molecule has 3 N–H and O–H groups in total. The number of hydrogen-bond acceptors (Lipinski definition) is 6. The summed E-state index contributed by atoms with van der Waals surface area (Å²) in [4.78, 5) is 24.3. The number of aromatic amines is 1. The number of benzene rings is 2. The maximum Gasteiger partial charge on any atom is 0.434 e. The molecule has 2 heterocycles. The topological polar surface area (TPSA) is 122 Å². The Morgan fingerprint density at radius 3 is 2.55 bits per heavy atom. The third kappa shape index (κ3) is 3.65. The van der Waals surface area contributed by atoms with E-state index in [-0.39, 0.29) is 22.6 Å². The van der Waals surface area contributed by atoms with Gasteiger partial charge in [-0.3, -0.25) is 10.1 Å². The van der Waals surface area contributed by atoms with Crippen LogP contribution in [0.25, 0.3) is 11.4 Å². The first-order valence-electron chi connectivity index (χ1n) is 8.69. The molecule has 4 rings (SSSR count). The molecule has 0 fully saturated rings. The van der Waals surface area contributed by atoms with E-state index in [1.807, 2.05) is 0 Å². The van der Waals surface area contributed by atoms with Crippen molar-refractivity contribution in [1.82, 2.24) is 25.9 Å². The van der Waals surface area contributed by atoms with Gasteiger partial charge < -0.3 is 10.1 Å². The van der Waals surface area contributed by atoms with Crippen molar-refractivity contribution in [3.8, 4) is 11.4 Å². The fourth-order valence-electron chi connectivity index (χ4n) is 3.11. The van der Waals surface area contributed by atoms with E-state index >= 15 is 0 Å². The van der Waals surface area contributed by atoms with Gasteiger partial charge in [0.1, 0.15) is 5.82 Å². The van der Waals surface area contributed by atoms with Gasteiger partial charge in [0.15, 0.2) is 5.82 Å². The van der Waals surface area contributed by atoms with Crippen LogP contribution in [0.4, 0.5) is 28.0 Å². The molecule has 31 heavy (non-hydrogen) atoms. The van der Waals surface area contributed by atoms with Crippen molar-refractivity contribution in [2.45, 2.75) is 11.8 Å². The first-order valence-corrected chi connectivity index (χ1v) is 8.69. The predicted molar refractivity (Wildman–Crippen MR) is 96.2 cm³/mol. The summed E-state index contributed by atoms with van der Waals surface area (Å²) in [5.74, 6) is -1.43. The molecule has 0 aliphatic carbocycles. The van der Waals surface area contributed by atoms with Crippen molar-refractivity contribution >= 4 is 17.7 Å². The van der Waals surface area contributed by atoms with Gasteiger partial charge in [-0.25, -0.2) is 14.3 Å². The summed E-state index contributed by atoms with van der Waals surface area (Å²) in [7, 11) is 0. The summed E-state index contributed by atoms with van der Waals surface area (Å²) in [6.45, 7) is -1.12. The average Bonchev–Trinajstić information content (AvgIpc) is 3.26. The summed E-state index contributed by atoms with van der Waals surface area (Å²) in [5.41, 5.74) is -3.67. The molecule has 2 aromatic carbocycles. The number of halogens is 4. The van der Waals surface area contributed by atoms with E-state index in [0.29, 0.717) is 0 Å². The summed E-state index contributed by atoms with van der Waals surface area (Å²) in [5, 5.41) is 17.2. The molecule has 0 bridgehead atoms. The van der Waals surface area contributed by atoms with Crippen LogP contribution in [-0.2, 0) is 10.3 Å². The first kappa shape index (κ1) is 20.3. The van der Waals surface area contributed by atoms with Crippen molar-refractivity contribution in [3.05, 3.63) is 59.4 Å². The molecule has 2 amide bonds. The Bertz CT molecular complexity index is 1130. The lowest BCUT2D eigenvalue weighted by atomic mass is 9.88. The van der Waals surface area contributed by atoms with Crippen LogP contribution in [0.2, 0.25) is 0 Å². The van der Waals surface area contributed by atoms with E-state index in [0.717, 1.165) is 30.3 Å². The second-order valence-corrected chi connectivity index (χ2v) is 6.54. The molecule has 0 saturated carbocycles. The fourth-order valence-corrected chi connectivity index (χ4v) is 3.11. The largest absolute Gasteiger partial charge is 0.434 e. The maximum atomic E-state index is 14.3. The number of carbonyl (C=O) groups is 2. The number of carbonyl (C=O) groups excluding carboxylic acids is 2. The van der Waals surface area contributed by atoms with Gasteiger partial charge in [0.25, 0.3) is 11.5 Å². The van der Waals surface area contributed by atoms with E-state index in [9.17, 15) is 27.2 Å². The number of alkyl halides is 3. The Kier molecular flexibility index (Phi) is 4.79. The molecule has 0 radical (unpaired) electrons. The van der Waals surface area contributed by atoms with Gasteiger partial charge in [0.2, 0.25) is 0 Å². The SMILES string of the molecule is O=C1Nc2ccc(-c3nnn[nH]3)cc2C(CNC(=O)c2ccc(F)cc2)(C(F)(F)F)O1. The van der Waals surface area contributed by atoms with Gasteiger partial charge in [0, 0.05) is 16.7 Å². The number of H-pyrrole nitrogens is 1. The molecule has 1 aromatic heterocycles. The van der Waals surface area contributed by atoms with E-state index < -0.39 is 41.7 Å². The lowest BCUT2D eigenvalue weighted by Crippen LogP contribution is -2.56. The quantitative estimate of drug-likeness (QED) is 0.541. The summed E-state index contributed by atoms with van der Waals surface area (Å²) in [6, 6.07) is 7.97. The molecule has 160 valence electrons. The average molecular weight is 436 g/mol. The van der Waals surface area contributed by atoms with Crippen LogP contribution in [-0.4, -0.2) is 45.3 Å². The smallest absolute Gasteiger partial charge is 0.426 e. The normalized spacial score (nSPS) is 18.0. The Hall–Kier alpha value is -4.03. The molecule has 1 atom stereocenters. The molecule has 1 aliphatic rings. The zero-order valence-electron chi connectivity index (χ0n) is 15.3. The van der Waals surface area contributed by atoms with Gasteiger partial charge in [-0.2, -0.15) is 13.2 Å². The van der Waals surface area contributed by atoms with Crippen molar-refractivity contribution in [2.24, 2.45) is 0 Å². The zero-order valence-corrected chi connectivity index (χ0v) is 15.3. The molecular formula is C18H12F4N6O3. The number of aromatic nitrogens is 4. The lowest BCUT2D eigenvalue weighted by molar-refractivity contribution is -0.261.